The molecule has 0 saturated carbocycles. The molecule has 6 nitrogen and oxygen atoms in total. The summed E-state index contributed by atoms with van der Waals surface area (Å²) in [5.74, 6) is -1.16. The van der Waals surface area contributed by atoms with Gasteiger partial charge in [-0.05, 0) is 57.5 Å². The van der Waals surface area contributed by atoms with Crippen LogP contribution in [0.2, 0.25) is 0 Å². The van der Waals surface area contributed by atoms with E-state index in [1.165, 1.54) is 11.0 Å². The zero-order valence-corrected chi connectivity index (χ0v) is 18.5. The van der Waals surface area contributed by atoms with Crippen LogP contribution in [0.25, 0.3) is 11.8 Å². The number of hydrogen-bond donors (Lipinski definition) is 0. The zero-order chi connectivity index (χ0) is 22.7. The van der Waals surface area contributed by atoms with Crippen LogP contribution in [-0.4, -0.2) is 48.2 Å². The first-order chi connectivity index (χ1) is 14.8. The van der Waals surface area contributed by atoms with Crippen LogP contribution in [0.1, 0.15) is 30.8 Å². The maximum absolute atomic E-state index is 14.4. The quantitative estimate of drug-likeness (QED) is 0.497. The summed E-state index contributed by atoms with van der Waals surface area (Å²) >= 11 is 0. The molecule has 31 heavy (non-hydrogen) atoms. The Balaban J connectivity index is 2.11. The monoisotopic (exact) mass is 426 g/mol. The molecule has 0 saturated heterocycles. The van der Waals surface area contributed by atoms with Crippen molar-refractivity contribution in [3.8, 4) is 5.69 Å². The number of amides is 1. The zero-order valence-electron chi connectivity index (χ0n) is 18.5. The van der Waals surface area contributed by atoms with Crippen LogP contribution in [0, 0.1) is 19.7 Å². The Hall–Kier alpha value is -3.19. The summed E-state index contributed by atoms with van der Waals surface area (Å²) in [5.41, 5.74) is 3.79. The van der Waals surface area contributed by atoms with Crippen molar-refractivity contribution < 1.29 is 23.5 Å². The van der Waals surface area contributed by atoms with E-state index in [9.17, 15) is 14.0 Å². The first-order valence-electron chi connectivity index (χ1n) is 10.2. The highest BCUT2D eigenvalue weighted by Crippen LogP contribution is 2.33. The molecule has 0 radical (unpaired) electrons. The fraction of sp³-hybridized carbons (Fsp3) is 0.333. The molecule has 0 spiro atoms. The van der Waals surface area contributed by atoms with Crippen molar-refractivity contribution in [3.05, 3.63) is 69.9 Å². The van der Waals surface area contributed by atoms with Crippen LogP contribution in [0.15, 0.2) is 47.2 Å². The van der Waals surface area contributed by atoms with Crippen LogP contribution < -0.4 is 0 Å². The Kier molecular flexibility index (Phi) is 6.75. The minimum Gasteiger partial charge on any atom is -0.462 e. The Bertz CT molecular complexity index is 1080. The van der Waals surface area contributed by atoms with E-state index in [-0.39, 0.29) is 29.5 Å². The number of benzene rings is 1. The van der Waals surface area contributed by atoms with E-state index < -0.39 is 5.97 Å². The average Bonchev–Trinajstić information content (AvgIpc) is 3.13. The van der Waals surface area contributed by atoms with Crippen LogP contribution >= 0.6 is 0 Å². The molecule has 0 N–H and O–H groups in total. The summed E-state index contributed by atoms with van der Waals surface area (Å²) in [6.07, 6.45) is 1.69. The van der Waals surface area contributed by atoms with Gasteiger partial charge in [0, 0.05) is 30.7 Å². The number of hydrogen-bond acceptors (Lipinski definition) is 4. The molecule has 0 unspecified atom stereocenters. The molecule has 1 aliphatic rings. The summed E-state index contributed by atoms with van der Waals surface area (Å²) in [4.78, 5) is 27.3. The average molecular weight is 426 g/mol. The summed E-state index contributed by atoms with van der Waals surface area (Å²) in [6, 6.07) is 8.40. The van der Waals surface area contributed by atoms with Gasteiger partial charge in [0.15, 0.2) is 0 Å². The number of esters is 1. The largest absolute Gasteiger partial charge is 0.462 e. The van der Waals surface area contributed by atoms with Gasteiger partial charge in [-0.25, -0.2) is 9.18 Å². The van der Waals surface area contributed by atoms with Crippen molar-refractivity contribution in [2.75, 3.05) is 26.9 Å². The van der Waals surface area contributed by atoms with Gasteiger partial charge >= 0.3 is 5.97 Å². The van der Waals surface area contributed by atoms with Crippen molar-refractivity contribution in [1.82, 2.24) is 9.47 Å². The summed E-state index contributed by atoms with van der Waals surface area (Å²) < 4.78 is 26.5. The summed E-state index contributed by atoms with van der Waals surface area (Å²) in [6.45, 7) is 8.05. The summed E-state index contributed by atoms with van der Waals surface area (Å²) in [5, 5.41) is 0. The minimum atomic E-state index is -0.539. The number of allylic oxidation sites excluding steroid dienone is 1. The molecular formula is C24H27FN2O4. The van der Waals surface area contributed by atoms with Crippen molar-refractivity contribution in [1.29, 1.82) is 0 Å². The second kappa shape index (κ2) is 9.31. The molecule has 1 aliphatic heterocycles. The van der Waals surface area contributed by atoms with E-state index in [0.717, 1.165) is 17.0 Å². The lowest BCUT2D eigenvalue weighted by Crippen LogP contribution is -2.28. The molecular weight excluding hydrogens is 399 g/mol. The lowest BCUT2D eigenvalue weighted by atomic mass is 10.0. The first-order valence-corrected chi connectivity index (χ1v) is 10.2. The molecule has 1 amide bonds. The molecule has 2 aromatic rings. The standard InChI is InChI=1S/C24H27FN2O4/c1-6-31-24(29)22-17(4)26(11-12-30-5)23(28)19(22)14-18-13-15(2)27(16(18)3)21-10-8-7-9-20(21)25/h7-10,13-14H,6,11-12H2,1-5H3/b19-14-. The van der Waals surface area contributed by atoms with E-state index in [1.54, 1.807) is 49.8 Å². The first kappa shape index (κ1) is 22.5. The fourth-order valence-corrected chi connectivity index (χ4v) is 3.87. The Morgan fingerprint density at radius 3 is 2.55 bits per heavy atom. The predicted molar refractivity (Wildman–Crippen MR) is 116 cm³/mol. The minimum absolute atomic E-state index is 0.205. The number of aromatic nitrogens is 1. The molecule has 0 fully saturated rings. The topological polar surface area (TPSA) is 60.8 Å². The third-order valence-electron chi connectivity index (χ3n) is 5.37. The van der Waals surface area contributed by atoms with E-state index >= 15 is 0 Å². The highest BCUT2D eigenvalue weighted by molar-refractivity contribution is 6.16. The number of carbonyl (C=O) groups excluding carboxylic acids is 2. The molecule has 1 aromatic heterocycles. The second-order valence-corrected chi connectivity index (χ2v) is 7.30. The molecule has 3 rings (SSSR count). The van der Waals surface area contributed by atoms with Gasteiger partial charge in [-0.3, -0.25) is 4.79 Å². The number of carbonyl (C=O) groups is 2. The molecule has 1 aromatic carbocycles. The van der Waals surface area contributed by atoms with Crippen molar-refractivity contribution in [2.24, 2.45) is 0 Å². The van der Waals surface area contributed by atoms with Crippen LogP contribution in [0.5, 0.6) is 0 Å². The number of methoxy groups -OCH3 is 1. The predicted octanol–water partition coefficient (Wildman–Crippen LogP) is 3.94. The van der Waals surface area contributed by atoms with E-state index in [0.29, 0.717) is 24.5 Å². The molecule has 0 bridgehead atoms. The Morgan fingerprint density at radius 2 is 1.90 bits per heavy atom. The Labute approximate surface area is 181 Å². The molecule has 0 aliphatic carbocycles. The lowest BCUT2D eigenvalue weighted by Gasteiger charge is -2.16. The van der Waals surface area contributed by atoms with Gasteiger partial charge in [0.1, 0.15) is 5.82 Å². The van der Waals surface area contributed by atoms with Gasteiger partial charge in [0.05, 0.1) is 30.0 Å². The van der Waals surface area contributed by atoms with Crippen LogP contribution in [-0.2, 0) is 19.1 Å². The molecule has 7 heteroatoms. The van der Waals surface area contributed by atoms with Crippen LogP contribution in [0.3, 0.4) is 0 Å². The number of halogens is 1. The smallest absolute Gasteiger partial charge is 0.340 e. The van der Waals surface area contributed by atoms with Crippen molar-refractivity contribution in [3.63, 3.8) is 0 Å². The van der Waals surface area contributed by atoms with E-state index in [2.05, 4.69) is 0 Å². The Morgan fingerprint density at radius 1 is 1.19 bits per heavy atom. The lowest BCUT2D eigenvalue weighted by molar-refractivity contribution is -0.138. The fourth-order valence-electron chi connectivity index (χ4n) is 3.87. The number of nitrogens with zero attached hydrogens (tertiary/aromatic N) is 2. The third kappa shape index (κ3) is 4.18. The van der Waals surface area contributed by atoms with Crippen molar-refractivity contribution >= 4 is 18.0 Å². The third-order valence-corrected chi connectivity index (χ3v) is 5.37. The van der Waals surface area contributed by atoms with E-state index in [4.69, 9.17) is 9.47 Å². The maximum atomic E-state index is 14.4. The second-order valence-electron chi connectivity index (χ2n) is 7.30. The van der Waals surface area contributed by atoms with Gasteiger partial charge in [-0.15, -0.1) is 0 Å². The van der Waals surface area contributed by atoms with Gasteiger partial charge in [-0.2, -0.15) is 0 Å². The van der Waals surface area contributed by atoms with Gasteiger partial charge < -0.3 is 18.9 Å². The molecule has 0 atom stereocenters. The molecule has 2 heterocycles. The normalized spacial score (nSPS) is 15.4. The van der Waals surface area contributed by atoms with Gasteiger partial charge in [-0.1, -0.05) is 12.1 Å². The van der Waals surface area contributed by atoms with Crippen molar-refractivity contribution in [2.45, 2.75) is 27.7 Å². The highest BCUT2D eigenvalue weighted by atomic mass is 19.1. The number of rotatable bonds is 7. The number of ether oxygens (including phenoxy) is 2. The number of para-hydroxylation sites is 1. The van der Waals surface area contributed by atoms with Crippen LogP contribution in [0.4, 0.5) is 4.39 Å². The SMILES string of the molecule is CCOC(=O)C1=C(C)N(CCOC)C(=O)/C1=C\c1cc(C)n(-c2ccccc2F)c1C. The highest BCUT2D eigenvalue weighted by Gasteiger charge is 2.37. The summed E-state index contributed by atoms with van der Waals surface area (Å²) in [7, 11) is 1.56. The van der Waals surface area contributed by atoms with Gasteiger partial charge in [0.2, 0.25) is 0 Å². The molecule has 164 valence electrons. The number of aryl methyl sites for hydroxylation is 1. The maximum Gasteiger partial charge on any atom is 0.340 e. The van der Waals surface area contributed by atoms with E-state index in [1.807, 2.05) is 19.9 Å². The van der Waals surface area contributed by atoms with Gasteiger partial charge in [0.25, 0.3) is 5.91 Å².